The van der Waals surface area contributed by atoms with Crippen molar-refractivity contribution in [2.24, 2.45) is 0 Å². The van der Waals surface area contributed by atoms with Crippen LogP contribution in [0.5, 0.6) is 0 Å². The van der Waals surface area contributed by atoms with E-state index < -0.39 is 0 Å². The molecule has 6 heteroatoms. The molecule has 0 radical (unpaired) electrons. The van der Waals surface area contributed by atoms with E-state index >= 15 is 0 Å². The van der Waals surface area contributed by atoms with Gasteiger partial charge in [-0.3, -0.25) is 0 Å². The van der Waals surface area contributed by atoms with Crippen LogP contribution >= 0.6 is 0 Å². The van der Waals surface area contributed by atoms with E-state index in [1.807, 2.05) is 19.2 Å². The lowest BCUT2D eigenvalue weighted by molar-refractivity contribution is 0.493. The zero-order valence-corrected chi connectivity index (χ0v) is 12.3. The number of hydrogen-bond acceptors (Lipinski definition) is 6. The first-order chi connectivity index (χ1) is 10.3. The van der Waals surface area contributed by atoms with Crippen molar-refractivity contribution in [1.29, 1.82) is 0 Å². The van der Waals surface area contributed by atoms with Crippen molar-refractivity contribution in [1.82, 2.24) is 15.5 Å². The Morgan fingerprint density at radius 2 is 1.86 bits per heavy atom. The number of hydrogen-bond donors (Lipinski definition) is 2. The fourth-order valence-corrected chi connectivity index (χ4v) is 2.56. The molecule has 0 aliphatic carbocycles. The minimum atomic E-state index is 0.422. The summed E-state index contributed by atoms with van der Waals surface area (Å²) in [6, 6.07) is 8.79. The van der Waals surface area contributed by atoms with Crippen molar-refractivity contribution in [3.8, 4) is 0 Å². The van der Waals surface area contributed by atoms with Crippen molar-refractivity contribution in [2.45, 2.75) is 25.8 Å². The molecule has 1 fully saturated rings. The van der Waals surface area contributed by atoms with E-state index in [0.29, 0.717) is 18.5 Å². The molecule has 1 aromatic carbocycles. The number of piperidine rings is 1. The summed E-state index contributed by atoms with van der Waals surface area (Å²) in [4.78, 5) is 2.44. The lowest BCUT2D eigenvalue weighted by Crippen LogP contribution is -2.29. The summed E-state index contributed by atoms with van der Waals surface area (Å²) in [5.74, 6) is 0.574. The second kappa shape index (κ2) is 6.58. The van der Waals surface area contributed by atoms with Gasteiger partial charge in [0.05, 0.1) is 6.54 Å². The smallest absolute Gasteiger partial charge is 0.320 e. The number of rotatable bonds is 5. The van der Waals surface area contributed by atoms with Crippen LogP contribution in [0.2, 0.25) is 0 Å². The second-order valence-corrected chi connectivity index (χ2v) is 5.25. The third-order valence-electron chi connectivity index (χ3n) is 3.63. The predicted molar refractivity (Wildman–Crippen MR) is 82.9 cm³/mol. The summed E-state index contributed by atoms with van der Waals surface area (Å²) < 4.78 is 5.47. The van der Waals surface area contributed by atoms with Gasteiger partial charge in [0, 0.05) is 24.5 Å². The van der Waals surface area contributed by atoms with Crippen LogP contribution in [0.4, 0.5) is 17.4 Å². The molecule has 112 valence electrons. The first-order valence-electron chi connectivity index (χ1n) is 7.44. The Morgan fingerprint density at radius 1 is 1.10 bits per heavy atom. The third kappa shape index (κ3) is 3.52. The highest BCUT2D eigenvalue weighted by atomic mass is 16.4. The van der Waals surface area contributed by atoms with Gasteiger partial charge in [-0.05, 0) is 50.6 Å². The Kier molecular flexibility index (Phi) is 4.35. The molecule has 0 saturated carbocycles. The molecule has 21 heavy (non-hydrogen) atoms. The van der Waals surface area contributed by atoms with Crippen molar-refractivity contribution < 1.29 is 4.42 Å². The maximum Gasteiger partial charge on any atom is 0.320 e. The topological polar surface area (TPSA) is 66.2 Å². The molecular weight excluding hydrogens is 266 g/mol. The molecule has 0 spiro atoms. The molecule has 0 amide bonds. The van der Waals surface area contributed by atoms with Gasteiger partial charge in [0.25, 0.3) is 0 Å². The predicted octanol–water partition coefficient (Wildman–Crippen LogP) is 2.52. The average molecular weight is 287 g/mol. The summed E-state index contributed by atoms with van der Waals surface area (Å²) in [5, 5.41) is 14.0. The van der Waals surface area contributed by atoms with Crippen molar-refractivity contribution in [2.75, 3.05) is 30.4 Å². The highest BCUT2D eigenvalue weighted by molar-refractivity contribution is 5.58. The van der Waals surface area contributed by atoms with E-state index in [1.165, 1.54) is 24.9 Å². The van der Waals surface area contributed by atoms with Crippen molar-refractivity contribution in [3.05, 3.63) is 30.2 Å². The molecule has 2 N–H and O–H groups in total. The highest BCUT2D eigenvalue weighted by Gasteiger charge is 2.11. The standard InChI is InChI=1S/C15H21N5O/c1-16-11-14-18-19-15(21-14)17-12-5-7-13(8-6-12)20-9-3-2-4-10-20/h5-8,16H,2-4,9-11H2,1H3,(H,17,19). The molecule has 1 saturated heterocycles. The first kappa shape index (κ1) is 13.9. The van der Waals surface area contributed by atoms with Crippen molar-refractivity contribution in [3.63, 3.8) is 0 Å². The van der Waals surface area contributed by atoms with Gasteiger partial charge in [-0.2, -0.15) is 0 Å². The van der Waals surface area contributed by atoms with Gasteiger partial charge in [-0.1, -0.05) is 5.10 Å². The third-order valence-corrected chi connectivity index (χ3v) is 3.63. The van der Waals surface area contributed by atoms with E-state index in [0.717, 1.165) is 18.8 Å². The van der Waals surface area contributed by atoms with E-state index in [4.69, 9.17) is 4.42 Å². The average Bonchev–Trinajstić information content (AvgIpc) is 2.97. The fourth-order valence-electron chi connectivity index (χ4n) is 2.56. The minimum Gasteiger partial charge on any atom is -0.406 e. The van der Waals surface area contributed by atoms with Gasteiger partial charge in [-0.15, -0.1) is 5.10 Å². The summed E-state index contributed by atoms with van der Waals surface area (Å²) >= 11 is 0. The van der Waals surface area contributed by atoms with Crippen LogP contribution < -0.4 is 15.5 Å². The van der Waals surface area contributed by atoms with Crippen LogP contribution in [0.3, 0.4) is 0 Å². The molecule has 2 aromatic rings. The molecule has 1 aliphatic heterocycles. The zero-order valence-electron chi connectivity index (χ0n) is 12.3. The number of nitrogens with zero attached hydrogens (tertiary/aromatic N) is 3. The molecule has 0 atom stereocenters. The zero-order chi connectivity index (χ0) is 14.5. The number of benzene rings is 1. The van der Waals surface area contributed by atoms with Crippen molar-refractivity contribution >= 4 is 17.4 Å². The SMILES string of the molecule is CNCc1nnc(Nc2ccc(N3CCCCC3)cc2)o1. The van der Waals surface area contributed by atoms with Gasteiger partial charge in [-0.25, -0.2) is 0 Å². The van der Waals surface area contributed by atoms with Crippen LogP contribution in [-0.4, -0.2) is 30.3 Å². The molecular formula is C15H21N5O. The summed E-state index contributed by atoms with van der Waals surface area (Å²) in [7, 11) is 1.84. The molecule has 1 aliphatic rings. The van der Waals surface area contributed by atoms with E-state index in [2.05, 4.69) is 37.9 Å². The molecule has 1 aromatic heterocycles. The second-order valence-electron chi connectivity index (χ2n) is 5.25. The molecule has 2 heterocycles. The van der Waals surface area contributed by atoms with Gasteiger partial charge in [0.1, 0.15) is 0 Å². The lowest BCUT2D eigenvalue weighted by Gasteiger charge is -2.28. The van der Waals surface area contributed by atoms with Gasteiger partial charge in [0.2, 0.25) is 5.89 Å². The van der Waals surface area contributed by atoms with Crippen LogP contribution in [-0.2, 0) is 6.54 Å². The summed E-state index contributed by atoms with van der Waals surface area (Å²) in [6.45, 7) is 2.89. The van der Waals surface area contributed by atoms with E-state index in [9.17, 15) is 0 Å². The van der Waals surface area contributed by atoms with Crippen LogP contribution in [0.25, 0.3) is 0 Å². The Hall–Kier alpha value is -2.08. The molecule has 0 unspecified atom stereocenters. The Balaban J connectivity index is 1.63. The van der Waals surface area contributed by atoms with Crippen LogP contribution in [0, 0.1) is 0 Å². The quantitative estimate of drug-likeness (QED) is 0.881. The normalized spacial score (nSPS) is 15.2. The maximum absolute atomic E-state index is 5.47. The minimum absolute atomic E-state index is 0.422. The number of anilines is 3. The van der Waals surface area contributed by atoms with Gasteiger partial charge >= 0.3 is 6.01 Å². The Morgan fingerprint density at radius 3 is 2.57 bits per heavy atom. The van der Waals surface area contributed by atoms with Crippen LogP contribution in [0.1, 0.15) is 25.2 Å². The van der Waals surface area contributed by atoms with Crippen LogP contribution in [0.15, 0.2) is 28.7 Å². The Bertz CT molecular complexity index is 560. The number of nitrogens with one attached hydrogen (secondary N) is 2. The van der Waals surface area contributed by atoms with E-state index in [-0.39, 0.29) is 0 Å². The molecule has 0 bridgehead atoms. The maximum atomic E-state index is 5.47. The summed E-state index contributed by atoms with van der Waals surface area (Å²) in [5.41, 5.74) is 2.23. The lowest BCUT2D eigenvalue weighted by atomic mass is 10.1. The van der Waals surface area contributed by atoms with Gasteiger partial charge < -0.3 is 20.0 Å². The molecule has 3 rings (SSSR count). The number of aromatic nitrogens is 2. The monoisotopic (exact) mass is 287 g/mol. The highest BCUT2D eigenvalue weighted by Crippen LogP contribution is 2.23. The largest absolute Gasteiger partial charge is 0.406 e. The summed E-state index contributed by atoms with van der Waals surface area (Å²) in [6.07, 6.45) is 3.93. The Labute approximate surface area is 124 Å². The van der Waals surface area contributed by atoms with E-state index in [1.54, 1.807) is 0 Å². The fraction of sp³-hybridized carbons (Fsp3) is 0.467. The first-order valence-corrected chi connectivity index (χ1v) is 7.44. The van der Waals surface area contributed by atoms with Gasteiger partial charge in [0.15, 0.2) is 0 Å². The molecule has 6 nitrogen and oxygen atoms in total.